The first-order chi connectivity index (χ1) is 8.81. The molecule has 3 aromatic rings. The van der Waals surface area contributed by atoms with Crippen LogP contribution >= 0.6 is 15.9 Å². The molecule has 0 fully saturated rings. The quantitative estimate of drug-likeness (QED) is 0.730. The number of imidazole rings is 1. The normalized spacial score (nSPS) is 10.8. The number of ether oxygens (including phenoxy) is 1. The second-order valence-electron chi connectivity index (χ2n) is 3.76. The maximum atomic E-state index is 5.37. The Balaban J connectivity index is 2.32. The lowest BCUT2D eigenvalue weighted by atomic mass is 10.2. The summed E-state index contributed by atoms with van der Waals surface area (Å²) in [6.07, 6.45) is 3.49. The van der Waals surface area contributed by atoms with Gasteiger partial charge in [0.1, 0.15) is 16.7 Å². The molecule has 0 amide bonds. The molecule has 90 valence electrons. The molecule has 2 aromatic heterocycles. The lowest BCUT2D eigenvalue weighted by Crippen LogP contribution is -1.93. The summed E-state index contributed by atoms with van der Waals surface area (Å²) in [4.78, 5) is 8.66. The molecular weight excluding hydrogens is 294 g/mol. The standard InChI is InChI=1S/C13H10BrN3O/c1-18-11-5-3-2-4-9(11)13-16-12(14)10-6-7-15-8-17(10)13/h2-8H,1H3. The number of hydrogen-bond acceptors (Lipinski definition) is 3. The Morgan fingerprint density at radius 3 is 2.89 bits per heavy atom. The molecule has 1 aromatic carbocycles. The van der Waals surface area contributed by atoms with Crippen LogP contribution in [0.4, 0.5) is 0 Å². The molecule has 3 rings (SSSR count). The van der Waals surface area contributed by atoms with Crippen molar-refractivity contribution in [2.75, 3.05) is 7.11 Å². The van der Waals surface area contributed by atoms with E-state index in [0.29, 0.717) is 0 Å². The molecule has 0 unspecified atom stereocenters. The van der Waals surface area contributed by atoms with E-state index in [0.717, 1.165) is 27.3 Å². The van der Waals surface area contributed by atoms with E-state index < -0.39 is 0 Å². The van der Waals surface area contributed by atoms with Crippen LogP contribution in [-0.2, 0) is 0 Å². The first-order valence-corrected chi connectivity index (χ1v) is 6.21. The largest absolute Gasteiger partial charge is 0.496 e. The second kappa shape index (κ2) is 4.42. The van der Waals surface area contributed by atoms with Gasteiger partial charge in [-0.3, -0.25) is 4.40 Å². The van der Waals surface area contributed by atoms with Crippen LogP contribution in [0, 0.1) is 0 Å². The van der Waals surface area contributed by atoms with Crippen LogP contribution in [0.15, 0.2) is 47.5 Å². The van der Waals surface area contributed by atoms with Crippen molar-refractivity contribution in [3.63, 3.8) is 0 Å². The van der Waals surface area contributed by atoms with Crippen LogP contribution < -0.4 is 4.74 Å². The van der Waals surface area contributed by atoms with E-state index in [2.05, 4.69) is 25.9 Å². The van der Waals surface area contributed by atoms with Crippen molar-refractivity contribution < 1.29 is 4.74 Å². The molecule has 0 radical (unpaired) electrons. The van der Waals surface area contributed by atoms with Gasteiger partial charge in [0.15, 0.2) is 5.82 Å². The van der Waals surface area contributed by atoms with Crippen molar-refractivity contribution in [2.24, 2.45) is 0 Å². The third kappa shape index (κ3) is 1.67. The zero-order valence-corrected chi connectivity index (χ0v) is 11.3. The van der Waals surface area contributed by atoms with Crippen molar-refractivity contribution in [2.45, 2.75) is 0 Å². The number of para-hydroxylation sites is 1. The average molecular weight is 304 g/mol. The zero-order valence-electron chi connectivity index (χ0n) is 9.67. The van der Waals surface area contributed by atoms with Crippen molar-refractivity contribution in [1.29, 1.82) is 0 Å². The number of fused-ring (bicyclic) bond motifs is 1. The smallest absolute Gasteiger partial charge is 0.150 e. The molecule has 18 heavy (non-hydrogen) atoms. The van der Waals surface area contributed by atoms with Gasteiger partial charge < -0.3 is 4.74 Å². The Kier molecular flexibility index (Phi) is 2.76. The average Bonchev–Trinajstić information content (AvgIpc) is 2.77. The van der Waals surface area contributed by atoms with Gasteiger partial charge in [0.2, 0.25) is 0 Å². The maximum Gasteiger partial charge on any atom is 0.150 e. The Labute approximate surface area is 112 Å². The number of benzene rings is 1. The van der Waals surface area contributed by atoms with Crippen LogP contribution in [0.5, 0.6) is 5.75 Å². The van der Waals surface area contributed by atoms with E-state index in [-0.39, 0.29) is 0 Å². The van der Waals surface area contributed by atoms with Gasteiger partial charge in [-0.1, -0.05) is 12.1 Å². The van der Waals surface area contributed by atoms with E-state index in [1.165, 1.54) is 0 Å². The first kappa shape index (κ1) is 11.2. The fraction of sp³-hybridized carbons (Fsp3) is 0.0769. The van der Waals surface area contributed by atoms with E-state index in [9.17, 15) is 0 Å². The molecule has 0 aliphatic carbocycles. The molecule has 0 spiro atoms. The summed E-state index contributed by atoms with van der Waals surface area (Å²) < 4.78 is 8.10. The lowest BCUT2D eigenvalue weighted by molar-refractivity contribution is 0.416. The predicted molar refractivity (Wildman–Crippen MR) is 72.7 cm³/mol. The van der Waals surface area contributed by atoms with Gasteiger partial charge in [0.05, 0.1) is 18.2 Å². The SMILES string of the molecule is COc1ccccc1-c1nc(Br)c2ccncn12. The summed E-state index contributed by atoms with van der Waals surface area (Å²) in [5.74, 6) is 1.60. The Hall–Kier alpha value is -1.88. The highest BCUT2D eigenvalue weighted by Gasteiger charge is 2.13. The molecule has 0 saturated heterocycles. The van der Waals surface area contributed by atoms with Crippen molar-refractivity contribution in [1.82, 2.24) is 14.4 Å². The van der Waals surface area contributed by atoms with E-state index in [1.54, 1.807) is 19.6 Å². The summed E-state index contributed by atoms with van der Waals surface area (Å²) >= 11 is 3.46. The molecular formula is C13H10BrN3O. The van der Waals surface area contributed by atoms with Gasteiger partial charge in [-0.2, -0.15) is 0 Å². The highest BCUT2D eigenvalue weighted by molar-refractivity contribution is 9.10. The van der Waals surface area contributed by atoms with Gasteiger partial charge in [-0.15, -0.1) is 0 Å². The summed E-state index contributed by atoms with van der Waals surface area (Å²) in [6, 6.07) is 9.71. The molecule has 5 heteroatoms. The number of halogens is 1. The Bertz CT molecular complexity index is 708. The second-order valence-corrected chi connectivity index (χ2v) is 4.51. The third-order valence-corrected chi connectivity index (χ3v) is 3.34. The fourth-order valence-corrected chi connectivity index (χ4v) is 2.41. The number of rotatable bonds is 2. The van der Waals surface area contributed by atoms with E-state index >= 15 is 0 Å². The minimum atomic E-state index is 0.792. The van der Waals surface area contributed by atoms with Crippen LogP contribution in [-0.4, -0.2) is 21.5 Å². The molecule has 0 atom stereocenters. The maximum absolute atomic E-state index is 5.37. The van der Waals surface area contributed by atoms with Gasteiger partial charge in [0.25, 0.3) is 0 Å². The molecule has 0 saturated carbocycles. The van der Waals surface area contributed by atoms with Gasteiger partial charge in [-0.05, 0) is 34.1 Å². The third-order valence-electron chi connectivity index (χ3n) is 2.75. The summed E-state index contributed by atoms with van der Waals surface area (Å²) in [5, 5.41) is 0. The van der Waals surface area contributed by atoms with Crippen molar-refractivity contribution >= 4 is 21.4 Å². The minimum absolute atomic E-state index is 0.792. The van der Waals surface area contributed by atoms with Crippen LogP contribution in [0.1, 0.15) is 0 Å². The van der Waals surface area contributed by atoms with Gasteiger partial charge in [-0.25, -0.2) is 9.97 Å². The molecule has 0 N–H and O–H groups in total. The molecule has 0 aliphatic rings. The van der Waals surface area contributed by atoms with Gasteiger partial charge in [0, 0.05) is 6.20 Å². The molecule has 0 aliphatic heterocycles. The topological polar surface area (TPSA) is 39.4 Å². The van der Waals surface area contributed by atoms with E-state index in [1.807, 2.05) is 34.7 Å². The highest BCUT2D eigenvalue weighted by Crippen LogP contribution is 2.31. The number of nitrogens with zero attached hydrogens (tertiary/aromatic N) is 3. The number of hydrogen-bond donors (Lipinski definition) is 0. The highest BCUT2D eigenvalue weighted by atomic mass is 79.9. The molecule has 4 nitrogen and oxygen atoms in total. The summed E-state index contributed by atoms with van der Waals surface area (Å²) in [6.45, 7) is 0. The van der Waals surface area contributed by atoms with Crippen LogP contribution in [0.2, 0.25) is 0 Å². The summed E-state index contributed by atoms with van der Waals surface area (Å²) in [7, 11) is 1.65. The lowest BCUT2D eigenvalue weighted by Gasteiger charge is -2.06. The van der Waals surface area contributed by atoms with Crippen molar-refractivity contribution in [3.05, 3.63) is 47.5 Å². The van der Waals surface area contributed by atoms with Gasteiger partial charge >= 0.3 is 0 Å². The Morgan fingerprint density at radius 2 is 2.06 bits per heavy atom. The number of aromatic nitrogens is 3. The van der Waals surface area contributed by atoms with Crippen molar-refractivity contribution in [3.8, 4) is 17.1 Å². The Morgan fingerprint density at radius 1 is 1.22 bits per heavy atom. The van der Waals surface area contributed by atoms with Crippen LogP contribution in [0.25, 0.3) is 16.9 Å². The monoisotopic (exact) mass is 303 g/mol. The van der Waals surface area contributed by atoms with E-state index in [4.69, 9.17) is 4.74 Å². The van der Waals surface area contributed by atoms with Crippen LogP contribution in [0.3, 0.4) is 0 Å². The fourth-order valence-electron chi connectivity index (χ4n) is 1.92. The minimum Gasteiger partial charge on any atom is -0.496 e. The molecule has 2 heterocycles. The first-order valence-electron chi connectivity index (χ1n) is 5.42. The zero-order chi connectivity index (χ0) is 12.5. The predicted octanol–water partition coefficient (Wildman–Crippen LogP) is 3.17. The molecule has 0 bridgehead atoms. The number of methoxy groups -OCH3 is 1. The summed E-state index contributed by atoms with van der Waals surface area (Å²) in [5.41, 5.74) is 1.92.